The van der Waals surface area contributed by atoms with Gasteiger partial charge >= 0.3 is 5.76 Å². The first-order chi connectivity index (χ1) is 6.27. The molecule has 65 valence electrons. The van der Waals surface area contributed by atoms with Crippen LogP contribution in [0.4, 0.5) is 4.39 Å². The maximum Gasteiger partial charge on any atom is 0.439 e. The van der Waals surface area contributed by atoms with Crippen LogP contribution in [0.5, 0.6) is 0 Å². The van der Waals surface area contributed by atoms with Gasteiger partial charge in [0.05, 0.1) is 5.56 Å². The molecule has 0 aliphatic heterocycles. The van der Waals surface area contributed by atoms with Gasteiger partial charge in [-0.25, -0.2) is 9.18 Å². The molecule has 0 bridgehead atoms. The van der Waals surface area contributed by atoms with E-state index in [4.69, 9.17) is 0 Å². The fourth-order valence-corrected chi connectivity index (χ4v) is 0.939. The first kappa shape index (κ1) is 7.72. The Balaban J connectivity index is 2.58. The Labute approximate surface area is 72.0 Å². The minimum absolute atomic E-state index is 0.0688. The van der Waals surface area contributed by atoms with Crippen LogP contribution in [0.3, 0.4) is 0 Å². The van der Waals surface area contributed by atoms with E-state index in [2.05, 4.69) is 20.7 Å². The molecule has 1 aromatic heterocycles. The highest BCUT2D eigenvalue weighted by Crippen LogP contribution is 2.16. The quantitative estimate of drug-likeness (QED) is 0.709. The highest BCUT2D eigenvalue weighted by Gasteiger charge is 2.08. The Morgan fingerprint density at radius 2 is 2.46 bits per heavy atom. The van der Waals surface area contributed by atoms with Crippen molar-refractivity contribution >= 4 is 0 Å². The van der Waals surface area contributed by atoms with Gasteiger partial charge in [-0.3, -0.25) is 9.51 Å². The van der Waals surface area contributed by atoms with Gasteiger partial charge in [0.25, 0.3) is 0 Å². The topological polar surface area (TPSA) is 58.9 Å². The molecule has 4 nitrogen and oxygen atoms in total. The average Bonchev–Trinajstić information content (AvgIpc) is 2.53. The highest BCUT2D eigenvalue weighted by molar-refractivity contribution is 5.54. The van der Waals surface area contributed by atoms with Crippen LogP contribution in [-0.4, -0.2) is 10.1 Å². The molecule has 2 rings (SSSR count). The summed E-state index contributed by atoms with van der Waals surface area (Å²) in [7, 11) is 0. The van der Waals surface area contributed by atoms with E-state index in [9.17, 15) is 9.18 Å². The molecule has 5 heteroatoms. The van der Waals surface area contributed by atoms with Crippen LogP contribution in [0.2, 0.25) is 0 Å². The van der Waals surface area contributed by atoms with Crippen molar-refractivity contribution in [1.82, 2.24) is 10.1 Å². The molecule has 1 N–H and O–H groups in total. The van der Waals surface area contributed by atoms with Crippen LogP contribution in [0, 0.1) is 11.9 Å². The molecule has 13 heavy (non-hydrogen) atoms. The largest absolute Gasteiger partial charge is 0.439 e. The fourth-order valence-electron chi connectivity index (χ4n) is 0.939. The molecule has 0 aliphatic carbocycles. The molecular formula is C8H4FN2O2. The van der Waals surface area contributed by atoms with Crippen molar-refractivity contribution in [2.24, 2.45) is 0 Å². The molecule has 1 heterocycles. The lowest BCUT2D eigenvalue weighted by molar-refractivity contribution is 0.387. The van der Waals surface area contributed by atoms with Crippen molar-refractivity contribution in [1.29, 1.82) is 0 Å². The van der Waals surface area contributed by atoms with Gasteiger partial charge in [0.2, 0.25) is 0 Å². The molecule has 0 saturated carbocycles. The number of nitrogens with one attached hydrogen (secondary N) is 1. The monoisotopic (exact) mass is 179 g/mol. The number of aromatic nitrogens is 2. The second-order valence-electron chi connectivity index (χ2n) is 2.35. The summed E-state index contributed by atoms with van der Waals surface area (Å²) in [6.07, 6.45) is 0. The number of hydrogen-bond acceptors (Lipinski definition) is 3. The first-order valence-electron chi connectivity index (χ1n) is 3.49. The number of nitrogens with zero attached hydrogens (tertiary/aromatic N) is 1. The Bertz CT molecular complexity index is 475. The molecule has 0 aliphatic rings. The van der Waals surface area contributed by atoms with Crippen molar-refractivity contribution in [3.8, 4) is 11.4 Å². The van der Waals surface area contributed by atoms with E-state index in [0.29, 0.717) is 0 Å². The number of rotatable bonds is 1. The van der Waals surface area contributed by atoms with Gasteiger partial charge in [-0.2, -0.15) is 0 Å². The summed E-state index contributed by atoms with van der Waals surface area (Å²) >= 11 is 0. The highest BCUT2D eigenvalue weighted by atomic mass is 19.1. The minimum atomic E-state index is -0.710. The van der Waals surface area contributed by atoms with E-state index < -0.39 is 11.6 Å². The summed E-state index contributed by atoms with van der Waals surface area (Å²) < 4.78 is 17.3. The van der Waals surface area contributed by atoms with Gasteiger partial charge in [0.15, 0.2) is 5.82 Å². The molecule has 0 fully saturated rings. The van der Waals surface area contributed by atoms with Gasteiger partial charge in [-0.15, -0.1) is 0 Å². The van der Waals surface area contributed by atoms with Gasteiger partial charge in [-0.1, -0.05) is 11.2 Å². The van der Waals surface area contributed by atoms with Gasteiger partial charge in [0.1, 0.15) is 5.82 Å². The lowest BCUT2D eigenvalue weighted by atomic mass is 10.2. The molecule has 0 amide bonds. The maximum absolute atomic E-state index is 13.1. The summed E-state index contributed by atoms with van der Waals surface area (Å²) in [5, 5.41) is 3.34. The normalized spacial score (nSPS) is 10.2. The van der Waals surface area contributed by atoms with Crippen LogP contribution >= 0.6 is 0 Å². The third-order valence-corrected chi connectivity index (χ3v) is 1.51. The molecule has 0 saturated heterocycles. The standard InChI is InChI=1S/C8H4FN2O2/c9-6-4-2-1-3-5(6)7-10-8(12)13-11-7/h2-4H,(H,10,11,12). The number of hydrogen-bond donors (Lipinski definition) is 1. The summed E-state index contributed by atoms with van der Waals surface area (Å²) in [6.45, 7) is 0. The van der Waals surface area contributed by atoms with Crippen molar-refractivity contribution in [2.75, 3.05) is 0 Å². The first-order valence-corrected chi connectivity index (χ1v) is 3.49. The van der Waals surface area contributed by atoms with Crippen LogP contribution < -0.4 is 5.76 Å². The van der Waals surface area contributed by atoms with E-state index in [0.717, 1.165) is 0 Å². The zero-order valence-corrected chi connectivity index (χ0v) is 6.37. The number of halogens is 1. The van der Waals surface area contributed by atoms with E-state index >= 15 is 0 Å². The Hall–Kier alpha value is -1.91. The predicted octanol–water partition coefficient (Wildman–Crippen LogP) is 0.969. The van der Waals surface area contributed by atoms with Crippen molar-refractivity contribution < 1.29 is 8.91 Å². The van der Waals surface area contributed by atoms with E-state index in [1.54, 1.807) is 0 Å². The second kappa shape index (κ2) is 2.85. The summed E-state index contributed by atoms with van der Waals surface area (Å²) in [5.74, 6) is -1.12. The zero-order chi connectivity index (χ0) is 9.26. The number of aromatic amines is 1. The van der Waals surface area contributed by atoms with Gasteiger partial charge < -0.3 is 0 Å². The molecule has 0 spiro atoms. The van der Waals surface area contributed by atoms with E-state index in [-0.39, 0.29) is 11.4 Å². The fraction of sp³-hybridized carbons (Fsp3) is 0. The molecular weight excluding hydrogens is 175 g/mol. The van der Waals surface area contributed by atoms with Crippen LogP contribution in [0.15, 0.2) is 27.5 Å². The van der Waals surface area contributed by atoms with Gasteiger partial charge in [-0.05, 0) is 18.2 Å². The minimum Gasteiger partial charge on any atom is -0.296 e. The summed E-state index contributed by atoms with van der Waals surface area (Å²) in [4.78, 5) is 12.8. The lowest BCUT2D eigenvalue weighted by Crippen LogP contribution is -1.95. The predicted molar refractivity (Wildman–Crippen MR) is 41.4 cm³/mol. The molecule has 0 atom stereocenters. The van der Waals surface area contributed by atoms with E-state index in [1.807, 2.05) is 0 Å². The van der Waals surface area contributed by atoms with Crippen molar-refractivity contribution in [3.05, 3.63) is 40.6 Å². The Kier molecular flexibility index (Phi) is 1.70. The van der Waals surface area contributed by atoms with E-state index in [1.165, 1.54) is 18.2 Å². The molecule has 1 radical (unpaired) electrons. The molecule has 1 aromatic carbocycles. The third kappa shape index (κ3) is 1.35. The van der Waals surface area contributed by atoms with Crippen LogP contribution in [-0.2, 0) is 0 Å². The van der Waals surface area contributed by atoms with Crippen LogP contribution in [0.25, 0.3) is 11.4 Å². The average molecular weight is 179 g/mol. The van der Waals surface area contributed by atoms with Crippen molar-refractivity contribution in [2.45, 2.75) is 0 Å². The maximum atomic E-state index is 13.1. The van der Waals surface area contributed by atoms with Crippen molar-refractivity contribution in [3.63, 3.8) is 0 Å². The van der Waals surface area contributed by atoms with Crippen LogP contribution in [0.1, 0.15) is 0 Å². The zero-order valence-electron chi connectivity index (χ0n) is 6.37. The summed E-state index contributed by atoms with van der Waals surface area (Å²) in [6, 6.07) is 6.70. The SMILES string of the molecule is O=c1[nH]c(-c2c[c]ccc2F)no1. The number of benzene rings is 1. The van der Waals surface area contributed by atoms with Gasteiger partial charge in [0, 0.05) is 0 Å². The second-order valence-corrected chi connectivity index (χ2v) is 2.35. The smallest absolute Gasteiger partial charge is 0.296 e. The summed E-state index contributed by atoms with van der Waals surface area (Å²) in [5.41, 5.74) is 0.161. The molecule has 2 aromatic rings. The lowest BCUT2D eigenvalue weighted by Gasteiger charge is -1.94. The Morgan fingerprint density at radius 1 is 1.62 bits per heavy atom. The number of H-pyrrole nitrogens is 1. The molecule has 0 unspecified atom stereocenters. The Morgan fingerprint density at radius 3 is 3.08 bits per heavy atom. The third-order valence-electron chi connectivity index (χ3n) is 1.51.